The zero-order valence-corrected chi connectivity index (χ0v) is 11.2. The Bertz CT molecular complexity index is 354. The Hall–Kier alpha value is -0.740. The number of hydrogen-bond acceptors (Lipinski definition) is 3. The molecule has 0 spiro atoms. The largest absolute Gasteiger partial charge is 0.382 e. The van der Waals surface area contributed by atoms with E-state index < -0.39 is 0 Å². The Morgan fingerprint density at radius 3 is 3.19 bits per heavy atom. The number of rotatable bonds is 4. The minimum atomic E-state index is 1.04. The van der Waals surface area contributed by atoms with Crippen LogP contribution in [-0.4, -0.2) is 33.2 Å². The van der Waals surface area contributed by atoms with E-state index >= 15 is 0 Å². The third-order valence-electron chi connectivity index (χ3n) is 2.85. The Balaban J connectivity index is 2.09. The SMILES string of the molecule is CNCCCN1CCNc2ccc(Br)cc21. The fourth-order valence-corrected chi connectivity index (χ4v) is 2.39. The molecule has 0 fully saturated rings. The first-order valence-electron chi connectivity index (χ1n) is 5.74. The molecule has 0 unspecified atom stereocenters. The lowest BCUT2D eigenvalue weighted by molar-refractivity contribution is 0.682. The zero-order valence-electron chi connectivity index (χ0n) is 9.59. The van der Waals surface area contributed by atoms with Crippen LogP contribution in [0.4, 0.5) is 11.4 Å². The summed E-state index contributed by atoms with van der Waals surface area (Å²) in [6.45, 7) is 4.32. The van der Waals surface area contributed by atoms with E-state index in [1.165, 1.54) is 17.8 Å². The van der Waals surface area contributed by atoms with Crippen LogP contribution in [0.2, 0.25) is 0 Å². The fraction of sp³-hybridized carbons (Fsp3) is 0.500. The molecule has 2 rings (SSSR count). The Kier molecular flexibility index (Phi) is 4.07. The first-order valence-corrected chi connectivity index (χ1v) is 6.53. The minimum Gasteiger partial charge on any atom is -0.382 e. The van der Waals surface area contributed by atoms with Crippen molar-refractivity contribution in [1.82, 2.24) is 5.32 Å². The molecule has 1 heterocycles. The first kappa shape index (κ1) is 11.7. The predicted molar refractivity (Wildman–Crippen MR) is 73.4 cm³/mol. The molecular weight excluding hydrogens is 266 g/mol. The summed E-state index contributed by atoms with van der Waals surface area (Å²) in [5.74, 6) is 0. The molecule has 3 nitrogen and oxygen atoms in total. The summed E-state index contributed by atoms with van der Waals surface area (Å²) in [6.07, 6.45) is 1.18. The van der Waals surface area contributed by atoms with E-state index in [0.29, 0.717) is 0 Å². The Morgan fingerprint density at radius 1 is 1.50 bits per heavy atom. The molecule has 0 aromatic heterocycles. The molecule has 0 saturated carbocycles. The topological polar surface area (TPSA) is 27.3 Å². The van der Waals surface area contributed by atoms with Gasteiger partial charge in [0.25, 0.3) is 0 Å². The second-order valence-corrected chi connectivity index (χ2v) is 4.95. The minimum absolute atomic E-state index is 1.04. The van der Waals surface area contributed by atoms with Crippen LogP contribution in [0.1, 0.15) is 6.42 Å². The van der Waals surface area contributed by atoms with Gasteiger partial charge in [-0.25, -0.2) is 0 Å². The lowest BCUT2D eigenvalue weighted by Crippen LogP contribution is -2.35. The average Bonchev–Trinajstić information content (AvgIpc) is 2.30. The highest BCUT2D eigenvalue weighted by Crippen LogP contribution is 2.31. The highest BCUT2D eigenvalue weighted by molar-refractivity contribution is 9.10. The summed E-state index contributed by atoms with van der Waals surface area (Å²) in [7, 11) is 2.00. The van der Waals surface area contributed by atoms with Gasteiger partial charge >= 0.3 is 0 Å². The van der Waals surface area contributed by atoms with Crippen LogP contribution >= 0.6 is 15.9 Å². The molecule has 0 saturated heterocycles. The van der Waals surface area contributed by atoms with E-state index in [-0.39, 0.29) is 0 Å². The van der Waals surface area contributed by atoms with Crippen LogP contribution in [0.25, 0.3) is 0 Å². The van der Waals surface area contributed by atoms with Crippen LogP contribution in [-0.2, 0) is 0 Å². The fourth-order valence-electron chi connectivity index (χ4n) is 2.04. The summed E-state index contributed by atoms with van der Waals surface area (Å²) >= 11 is 3.53. The summed E-state index contributed by atoms with van der Waals surface area (Å²) in [5, 5.41) is 6.62. The standard InChI is InChI=1S/C12H18BrN3/c1-14-5-2-7-16-8-6-15-11-4-3-10(13)9-12(11)16/h3-4,9,14-15H,2,5-8H2,1H3. The van der Waals surface area contributed by atoms with Gasteiger partial charge in [-0.2, -0.15) is 0 Å². The van der Waals surface area contributed by atoms with E-state index in [4.69, 9.17) is 0 Å². The maximum absolute atomic E-state index is 3.53. The van der Waals surface area contributed by atoms with Gasteiger partial charge in [-0.3, -0.25) is 0 Å². The van der Waals surface area contributed by atoms with Gasteiger partial charge in [0.2, 0.25) is 0 Å². The highest BCUT2D eigenvalue weighted by atomic mass is 79.9. The number of benzene rings is 1. The summed E-state index contributed by atoms with van der Waals surface area (Å²) in [5.41, 5.74) is 2.57. The van der Waals surface area contributed by atoms with Crippen molar-refractivity contribution in [2.45, 2.75) is 6.42 Å². The quantitative estimate of drug-likeness (QED) is 0.831. The molecular formula is C12H18BrN3. The van der Waals surface area contributed by atoms with Crippen LogP contribution in [0.3, 0.4) is 0 Å². The van der Waals surface area contributed by atoms with Gasteiger partial charge in [-0.1, -0.05) is 15.9 Å². The molecule has 0 amide bonds. The van der Waals surface area contributed by atoms with Crippen molar-refractivity contribution in [3.05, 3.63) is 22.7 Å². The van der Waals surface area contributed by atoms with Gasteiger partial charge in [0.15, 0.2) is 0 Å². The van der Waals surface area contributed by atoms with E-state index in [2.05, 4.69) is 49.7 Å². The third-order valence-corrected chi connectivity index (χ3v) is 3.35. The Morgan fingerprint density at radius 2 is 2.38 bits per heavy atom. The van der Waals surface area contributed by atoms with Crippen molar-refractivity contribution in [1.29, 1.82) is 0 Å². The van der Waals surface area contributed by atoms with E-state index in [9.17, 15) is 0 Å². The van der Waals surface area contributed by atoms with Crippen molar-refractivity contribution in [3.8, 4) is 0 Å². The van der Waals surface area contributed by atoms with Crippen LogP contribution in [0.15, 0.2) is 22.7 Å². The average molecular weight is 284 g/mol. The van der Waals surface area contributed by atoms with Gasteiger partial charge < -0.3 is 15.5 Å². The monoisotopic (exact) mass is 283 g/mol. The number of nitrogens with one attached hydrogen (secondary N) is 2. The zero-order chi connectivity index (χ0) is 11.4. The van der Waals surface area contributed by atoms with Gasteiger partial charge in [-0.05, 0) is 38.2 Å². The van der Waals surface area contributed by atoms with Gasteiger partial charge in [0.05, 0.1) is 11.4 Å². The molecule has 1 aliphatic heterocycles. The third kappa shape index (κ3) is 2.68. The lowest BCUT2D eigenvalue weighted by atomic mass is 10.2. The maximum atomic E-state index is 3.53. The summed E-state index contributed by atoms with van der Waals surface area (Å²) < 4.78 is 1.15. The van der Waals surface area contributed by atoms with Crippen LogP contribution < -0.4 is 15.5 Å². The molecule has 1 aromatic carbocycles. The maximum Gasteiger partial charge on any atom is 0.0613 e. The summed E-state index contributed by atoms with van der Waals surface area (Å²) in [4.78, 5) is 2.45. The lowest BCUT2D eigenvalue weighted by Gasteiger charge is -2.32. The molecule has 88 valence electrons. The van der Waals surface area contributed by atoms with Crippen molar-refractivity contribution in [2.24, 2.45) is 0 Å². The molecule has 0 bridgehead atoms. The second kappa shape index (κ2) is 5.55. The van der Waals surface area contributed by atoms with E-state index in [0.717, 1.165) is 30.7 Å². The van der Waals surface area contributed by atoms with Crippen molar-refractivity contribution in [2.75, 3.05) is 43.4 Å². The van der Waals surface area contributed by atoms with E-state index in [1.54, 1.807) is 0 Å². The predicted octanol–water partition coefficient (Wildman–Crippen LogP) is 2.29. The molecule has 1 aliphatic rings. The van der Waals surface area contributed by atoms with Gasteiger partial charge in [0.1, 0.15) is 0 Å². The normalized spacial score (nSPS) is 14.5. The molecule has 4 heteroatoms. The van der Waals surface area contributed by atoms with E-state index in [1.807, 2.05) is 7.05 Å². The van der Waals surface area contributed by atoms with Gasteiger partial charge in [-0.15, -0.1) is 0 Å². The van der Waals surface area contributed by atoms with Crippen LogP contribution in [0, 0.1) is 0 Å². The number of hydrogen-bond donors (Lipinski definition) is 2. The molecule has 1 aromatic rings. The Labute approximate surface area is 105 Å². The molecule has 0 aliphatic carbocycles. The smallest absolute Gasteiger partial charge is 0.0613 e. The summed E-state index contributed by atoms with van der Waals surface area (Å²) in [6, 6.07) is 6.42. The van der Waals surface area contributed by atoms with Gasteiger partial charge in [0, 0.05) is 24.1 Å². The highest BCUT2D eigenvalue weighted by Gasteiger charge is 2.15. The molecule has 0 radical (unpaired) electrons. The number of halogens is 1. The van der Waals surface area contributed by atoms with Crippen molar-refractivity contribution in [3.63, 3.8) is 0 Å². The second-order valence-electron chi connectivity index (χ2n) is 4.03. The first-order chi connectivity index (χ1) is 7.81. The number of fused-ring (bicyclic) bond motifs is 1. The molecule has 2 N–H and O–H groups in total. The number of nitrogens with zero attached hydrogens (tertiary/aromatic N) is 1. The van der Waals surface area contributed by atoms with Crippen LogP contribution in [0.5, 0.6) is 0 Å². The van der Waals surface area contributed by atoms with Crippen molar-refractivity contribution < 1.29 is 0 Å². The van der Waals surface area contributed by atoms with Crippen molar-refractivity contribution >= 4 is 27.3 Å². The molecule has 0 atom stereocenters. The number of anilines is 2. The molecule has 16 heavy (non-hydrogen) atoms.